The van der Waals surface area contributed by atoms with Gasteiger partial charge in [-0.05, 0) is 25.3 Å². The highest BCUT2D eigenvalue weighted by Gasteiger charge is 2.41. The number of fused-ring (bicyclic) bond motifs is 1. The van der Waals surface area contributed by atoms with Gasteiger partial charge in [0.05, 0.1) is 29.7 Å². The van der Waals surface area contributed by atoms with Gasteiger partial charge >= 0.3 is 0 Å². The minimum atomic E-state index is -3.14. The van der Waals surface area contributed by atoms with E-state index in [9.17, 15) is 8.42 Å². The van der Waals surface area contributed by atoms with Crippen LogP contribution in [-0.4, -0.2) is 44.3 Å². The fourth-order valence-corrected chi connectivity index (χ4v) is 4.92. The number of hydrogen-bond donors (Lipinski definition) is 1. The molecule has 1 N–H and O–H groups in total. The van der Waals surface area contributed by atoms with Crippen LogP contribution in [0.4, 0.5) is 5.95 Å². The number of nitrogens with zero attached hydrogens (tertiary/aromatic N) is 5. The Labute approximate surface area is 141 Å². The van der Waals surface area contributed by atoms with E-state index in [2.05, 4.69) is 20.4 Å². The van der Waals surface area contributed by atoms with E-state index in [0.717, 1.165) is 29.8 Å². The second-order valence-electron chi connectivity index (χ2n) is 6.25. The molecule has 4 rings (SSSR count). The molecule has 0 amide bonds. The fourth-order valence-electron chi connectivity index (χ4n) is 3.12. The largest absolute Gasteiger partial charge is 0.348 e. The summed E-state index contributed by atoms with van der Waals surface area (Å²) in [5, 5.41) is 7.56. The summed E-state index contributed by atoms with van der Waals surface area (Å²) in [6.45, 7) is 1.48. The Morgan fingerprint density at radius 3 is 2.75 bits per heavy atom. The third kappa shape index (κ3) is 2.78. The molecule has 1 aliphatic carbocycles. The van der Waals surface area contributed by atoms with Crippen LogP contribution in [0.1, 0.15) is 29.8 Å². The number of hydrogen-bond acceptors (Lipinski definition) is 6. The molecule has 0 spiro atoms. The third-order valence-corrected chi connectivity index (χ3v) is 6.93. The summed E-state index contributed by atoms with van der Waals surface area (Å²) < 4.78 is 28.3. The van der Waals surface area contributed by atoms with E-state index in [4.69, 9.17) is 0 Å². The van der Waals surface area contributed by atoms with Crippen molar-refractivity contribution in [1.29, 1.82) is 0 Å². The molecule has 3 heterocycles. The number of aryl methyl sites for hydroxylation is 1. The number of anilines is 1. The molecule has 24 heavy (non-hydrogen) atoms. The molecule has 0 radical (unpaired) electrons. The van der Waals surface area contributed by atoms with Crippen LogP contribution < -0.4 is 5.32 Å². The number of sulfonamides is 1. The molecule has 0 aromatic carbocycles. The van der Waals surface area contributed by atoms with Crippen molar-refractivity contribution in [3.8, 4) is 0 Å². The summed E-state index contributed by atoms with van der Waals surface area (Å²) in [5.41, 5.74) is 3.06. The zero-order valence-corrected chi connectivity index (χ0v) is 14.3. The number of aromatic nitrogens is 4. The van der Waals surface area contributed by atoms with E-state index in [-0.39, 0.29) is 5.25 Å². The van der Waals surface area contributed by atoms with Crippen LogP contribution >= 0.6 is 0 Å². The van der Waals surface area contributed by atoms with Gasteiger partial charge in [-0.25, -0.2) is 18.4 Å². The van der Waals surface area contributed by atoms with Gasteiger partial charge in [0.25, 0.3) is 0 Å². The van der Waals surface area contributed by atoms with Crippen molar-refractivity contribution in [3.63, 3.8) is 0 Å². The van der Waals surface area contributed by atoms with E-state index in [0.29, 0.717) is 32.0 Å². The standard InChI is InChI=1S/C15H20N6O2S/c1-20-14-10-21(24(22,23)11-3-4-11)8-5-12(14)13(19-20)9-18-15-16-6-2-7-17-15/h2,6-7,11H,3-5,8-10H2,1H3,(H,16,17,18). The van der Waals surface area contributed by atoms with Gasteiger partial charge in [0.15, 0.2) is 0 Å². The molecule has 2 aliphatic rings. The lowest BCUT2D eigenvalue weighted by atomic mass is 10.1. The molecule has 1 saturated carbocycles. The SMILES string of the molecule is Cn1nc(CNc2ncccn2)c2c1CN(S(=O)(=O)C1CC1)CC2. The van der Waals surface area contributed by atoms with Crippen LogP contribution in [0.5, 0.6) is 0 Å². The Bertz CT molecular complexity index is 844. The zero-order valence-electron chi connectivity index (χ0n) is 13.5. The first kappa shape index (κ1) is 15.5. The van der Waals surface area contributed by atoms with Crippen LogP contribution in [0.3, 0.4) is 0 Å². The Morgan fingerprint density at radius 1 is 1.29 bits per heavy atom. The van der Waals surface area contributed by atoms with E-state index in [1.165, 1.54) is 0 Å². The molecule has 1 fully saturated rings. The second-order valence-corrected chi connectivity index (χ2v) is 8.46. The summed E-state index contributed by atoms with van der Waals surface area (Å²) in [4.78, 5) is 8.28. The molecular formula is C15H20N6O2S. The van der Waals surface area contributed by atoms with Gasteiger partial charge in [-0.2, -0.15) is 9.40 Å². The Morgan fingerprint density at radius 2 is 2.04 bits per heavy atom. The van der Waals surface area contributed by atoms with Crippen molar-refractivity contribution < 1.29 is 8.42 Å². The average Bonchev–Trinajstić information content (AvgIpc) is 3.40. The minimum Gasteiger partial charge on any atom is -0.348 e. The summed E-state index contributed by atoms with van der Waals surface area (Å²) in [6, 6.07) is 1.77. The van der Waals surface area contributed by atoms with Gasteiger partial charge in [0.1, 0.15) is 0 Å². The molecule has 0 unspecified atom stereocenters. The van der Waals surface area contributed by atoms with E-state index in [1.807, 2.05) is 7.05 Å². The van der Waals surface area contributed by atoms with Crippen LogP contribution in [0.15, 0.2) is 18.5 Å². The Kier molecular flexibility index (Phi) is 3.76. The number of rotatable bonds is 5. The lowest BCUT2D eigenvalue weighted by Gasteiger charge is -2.27. The van der Waals surface area contributed by atoms with Gasteiger partial charge in [-0.3, -0.25) is 4.68 Å². The van der Waals surface area contributed by atoms with Crippen molar-refractivity contribution in [2.75, 3.05) is 11.9 Å². The summed E-state index contributed by atoms with van der Waals surface area (Å²) in [7, 11) is -1.27. The van der Waals surface area contributed by atoms with E-state index < -0.39 is 10.0 Å². The molecule has 2 aromatic rings. The molecule has 1 aliphatic heterocycles. The van der Waals surface area contributed by atoms with Crippen LogP contribution in [0, 0.1) is 0 Å². The second kappa shape index (κ2) is 5.82. The molecule has 0 bridgehead atoms. The van der Waals surface area contributed by atoms with Crippen molar-refractivity contribution in [3.05, 3.63) is 35.4 Å². The predicted molar refractivity (Wildman–Crippen MR) is 88.6 cm³/mol. The first-order chi connectivity index (χ1) is 11.6. The summed E-state index contributed by atoms with van der Waals surface area (Å²) in [6.07, 6.45) is 5.65. The Balaban J connectivity index is 1.52. The quantitative estimate of drug-likeness (QED) is 0.854. The van der Waals surface area contributed by atoms with Gasteiger partial charge < -0.3 is 5.32 Å². The average molecular weight is 348 g/mol. The smallest absolute Gasteiger partial charge is 0.222 e. The van der Waals surface area contributed by atoms with Crippen molar-refractivity contribution in [2.45, 2.75) is 37.6 Å². The highest BCUT2D eigenvalue weighted by Crippen LogP contribution is 2.34. The topological polar surface area (TPSA) is 93.0 Å². The summed E-state index contributed by atoms with van der Waals surface area (Å²) >= 11 is 0. The van der Waals surface area contributed by atoms with Gasteiger partial charge in [-0.15, -0.1) is 0 Å². The van der Waals surface area contributed by atoms with Gasteiger partial charge in [0.2, 0.25) is 16.0 Å². The van der Waals surface area contributed by atoms with Crippen molar-refractivity contribution in [2.24, 2.45) is 7.05 Å². The lowest BCUT2D eigenvalue weighted by molar-refractivity contribution is 0.378. The normalized spacial score (nSPS) is 18.4. The third-order valence-electron chi connectivity index (χ3n) is 4.58. The lowest BCUT2D eigenvalue weighted by Crippen LogP contribution is -2.38. The molecule has 8 nitrogen and oxygen atoms in total. The highest BCUT2D eigenvalue weighted by molar-refractivity contribution is 7.90. The molecule has 0 atom stereocenters. The monoisotopic (exact) mass is 348 g/mol. The molecule has 9 heteroatoms. The van der Waals surface area contributed by atoms with Crippen LogP contribution in [0.2, 0.25) is 0 Å². The molecule has 2 aromatic heterocycles. The van der Waals surface area contributed by atoms with Gasteiger partial charge in [0, 0.05) is 31.5 Å². The zero-order chi connectivity index (χ0) is 16.7. The van der Waals surface area contributed by atoms with Crippen molar-refractivity contribution >= 4 is 16.0 Å². The fraction of sp³-hybridized carbons (Fsp3) is 0.533. The highest BCUT2D eigenvalue weighted by atomic mass is 32.2. The van der Waals surface area contributed by atoms with Crippen molar-refractivity contribution in [1.82, 2.24) is 24.1 Å². The maximum absolute atomic E-state index is 12.5. The number of nitrogens with one attached hydrogen (secondary N) is 1. The molecule has 0 saturated heterocycles. The predicted octanol–water partition coefficient (Wildman–Crippen LogP) is 0.673. The van der Waals surface area contributed by atoms with E-state index >= 15 is 0 Å². The first-order valence-electron chi connectivity index (χ1n) is 8.09. The maximum Gasteiger partial charge on any atom is 0.222 e. The molecular weight excluding hydrogens is 328 g/mol. The minimum absolute atomic E-state index is 0.163. The first-order valence-corrected chi connectivity index (χ1v) is 9.59. The molecule has 128 valence electrons. The van der Waals surface area contributed by atoms with Gasteiger partial charge in [-0.1, -0.05) is 0 Å². The van der Waals surface area contributed by atoms with E-state index in [1.54, 1.807) is 27.4 Å². The summed E-state index contributed by atoms with van der Waals surface area (Å²) in [5.74, 6) is 0.561. The van der Waals surface area contributed by atoms with Crippen LogP contribution in [0.25, 0.3) is 0 Å². The Hall–Kier alpha value is -2.00. The van der Waals surface area contributed by atoms with Crippen LogP contribution in [-0.2, 0) is 36.6 Å². The maximum atomic E-state index is 12.5.